The molecule has 0 unspecified atom stereocenters. The zero-order chi connectivity index (χ0) is 21.3. The summed E-state index contributed by atoms with van der Waals surface area (Å²) < 4.78 is 29.8. The van der Waals surface area contributed by atoms with E-state index in [1.165, 1.54) is 24.3 Å². The lowest BCUT2D eigenvalue weighted by Gasteiger charge is -2.14. The van der Waals surface area contributed by atoms with Crippen LogP contribution in [-0.4, -0.2) is 15.8 Å². The van der Waals surface area contributed by atoms with Crippen LogP contribution in [0.1, 0.15) is 27.0 Å². The number of benzene rings is 2. The van der Waals surface area contributed by atoms with Crippen LogP contribution >= 0.6 is 0 Å². The number of nitrogens with zero attached hydrogens (tertiary/aromatic N) is 2. The van der Waals surface area contributed by atoms with Crippen LogP contribution in [0.25, 0.3) is 22.5 Å². The summed E-state index contributed by atoms with van der Waals surface area (Å²) in [6, 6.07) is 15.8. The molecule has 30 heavy (non-hydrogen) atoms. The summed E-state index contributed by atoms with van der Waals surface area (Å²) in [4.78, 5) is 22.1. The van der Waals surface area contributed by atoms with Gasteiger partial charge in [-0.05, 0) is 61.4 Å². The zero-order valence-corrected chi connectivity index (χ0v) is 16.5. The number of rotatable bonds is 4. The third-order valence-electron chi connectivity index (χ3n) is 4.86. The smallest absolute Gasteiger partial charge is 0.200 e. The van der Waals surface area contributed by atoms with E-state index in [9.17, 15) is 13.6 Å². The molecule has 2 aromatic heterocycles. The maximum Gasteiger partial charge on any atom is 0.200 e. The van der Waals surface area contributed by atoms with Crippen LogP contribution in [0.3, 0.4) is 0 Å². The van der Waals surface area contributed by atoms with Gasteiger partial charge in [-0.15, -0.1) is 0 Å². The van der Waals surface area contributed by atoms with Crippen molar-refractivity contribution in [1.82, 2.24) is 9.97 Å². The van der Waals surface area contributed by atoms with Gasteiger partial charge in [0.25, 0.3) is 0 Å². The standard InChI is InChI=1S/C25H18F2N2O/c1-15-9-11-28-21(13-15)17-5-3-7-19(26)23(17)25(30)24-18(6-4-8-20(24)27)22-14-16(2)10-12-29-22/h3-14H,1-2H3. The van der Waals surface area contributed by atoms with E-state index in [1.807, 2.05) is 26.0 Å². The van der Waals surface area contributed by atoms with Gasteiger partial charge in [0.15, 0.2) is 5.78 Å². The summed E-state index contributed by atoms with van der Waals surface area (Å²) in [6.45, 7) is 3.76. The predicted molar refractivity (Wildman–Crippen MR) is 112 cm³/mol. The second kappa shape index (κ2) is 7.95. The second-order valence-corrected chi connectivity index (χ2v) is 7.09. The lowest BCUT2D eigenvalue weighted by molar-refractivity contribution is 0.103. The largest absolute Gasteiger partial charge is 0.288 e. The van der Waals surface area contributed by atoms with Crippen LogP contribution in [0.2, 0.25) is 0 Å². The minimum atomic E-state index is -0.747. The molecule has 0 fully saturated rings. The molecule has 0 radical (unpaired) electrons. The summed E-state index contributed by atoms with van der Waals surface area (Å²) in [6.07, 6.45) is 3.18. The molecule has 148 valence electrons. The van der Waals surface area contributed by atoms with Gasteiger partial charge in [0.05, 0.1) is 22.5 Å². The highest BCUT2D eigenvalue weighted by atomic mass is 19.1. The molecule has 0 aliphatic carbocycles. The van der Waals surface area contributed by atoms with Crippen molar-refractivity contribution in [2.24, 2.45) is 0 Å². The fourth-order valence-electron chi connectivity index (χ4n) is 3.43. The Hall–Kier alpha value is -3.73. The maximum atomic E-state index is 14.9. The first-order valence-electron chi connectivity index (χ1n) is 9.43. The highest BCUT2D eigenvalue weighted by Gasteiger charge is 2.26. The number of halogens is 2. The monoisotopic (exact) mass is 400 g/mol. The summed E-state index contributed by atoms with van der Waals surface area (Å²) >= 11 is 0. The average molecular weight is 400 g/mol. The number of hydrogen-bond acceptors (Lipinski definition) is 3. The number of carbonyl (C=O) groups excluding carboxylic acids is 1. The molecule has 0 spiro atoms. The quantitative estimate of drug-likeness (QED) is 0.398. The normalized spacial score (nSPS) is 10.8. The first-order chi connectivity index (χ1) is 14.5. The van der Waals surface area contributed by atoms with Gasteiger partial charge in [-0.3, -0.25) is 14.8 Å². The molecule has 2 heterocycles. The molecule has 4 aromatic rings. The van der Waals surface area contributed by atoms with Crippen LogP contribution < -0.4 is 0 Å². The van der Waals surface area contributed by atoms with E-state index in [2.05, 4.69) is 9.97 Å². The van der Waals surface area contributed by atoms with Crippen molar-refractivity contribution < 1.29 is 13.6 Å². The van der Waals surface area contributed by atoms with E-state index >= 15 is 0 Å². The highest BCUT2D eigenvalue weighted by molar-refractivity contribution is 6.16. The molecule has 4 rings (SSSR count). The lowest BCUT2D eigenvalue weighted by atomic mass is 9.91. The number of hydrogen-bond donors (Lipinski definition) is 0. The molecule has 0 bridgehead atoms. The van der Waals surface area contributed by atoms with Crippen molar-refractivity contribution in [1.29, 1.82) is 0 Å². The molecule has 5 heteroatoms. The fourth-order valence-corrected chi connectivity index (χ4v) is 3.43. The van der Waals surface area contributed by atoms with Gasteiger partial charge in [0.2, 0.25) is 0 Å². The van der Waals surface area contributed by atoms with E-state index < -0.39 is 17.4 Å². The maximum absolute atomic E-state index is 14.9. The third kappa shape index (κ3) is 3.62. The molecule has 0 amide bonds. The molecule has 0 saturated carbocycles. The van der Waals surface area contributed by atoms with Crippen molar-refractivity contribution in [3.05, 3.63) is 107 Å². The summed E-state index contributed by atoms with van der Waals surface area (Å²) in [5.74, 6) is -2.21. The van der Waals surface area contributed by atoms with Crippen LogP contribution in [0, 0.1) is 25.5 Å². The van der Waals surface area contributed by atoms with Crippen LogP contribution in [0.5, 0.6) is 0 Å². The predicted octanol–water partition coefficient (Wildman–Crippen LogP) is 5.94. The van der Waals surface area contributed by atoms with Gasteiger partial charge < -0.3 is 0 Å². The summed E-state index contributed by atoms with van der Waals surface area (Å²) in [5, 5.41) is 0. The van der Waals surface area contributed by atoms with E-state index in [0.29, 0.717) is 22.5 Å². The lowest BCUT2D eigenvalue weighted by Crippen LogP contribution is -2.11. The van der Waals surface area contributed by atoms with Gasteiger partial charge in [-0.25, -0.2) is 8.78 Å². The van der Waals surface area contributed by atoms with Crippen molar-refractivity contribution in [2.45, 2.75) is 13.8 Å². The van der Waals surface area contributed by atoms with Crippen molar-refractivity contribution in [3.8, 4) is 22.5 Å². The van der Waals surface area contributed by atoms with Gasteiger partial charge in [-0.1, -0.05) is 24.3 Å². The van der Waals surface area contributed by atoms with Crippen LogP contribution in [0.4, 0.5) is 8.78 Å². The molecule has 0 aliphatic heterocycles. The van der Waals surface area contributed by atoms with E-state index in [4.69, 9.17) is 0 Å². The topological polar surface area (TPSA) is 42.9 Å². The van der Waals surface area contributed by atoms with Gasteiger partial charge in [0.1, 0.15) is 11.6 Å². The van der Waals surface area contributed by atoms with E-state index in [0.717, 1.165) is 11.1 Å². The van der Waals surface area contributed by atoms with Gasteiger partial charge in [0, 0.05) is 23.5 Å². The van der Waals surface area contributed by atoms with E-state index in [-0.39, 0.29) is 11.1 Å². The Kier molecular flexibility index (Phi) is 5.19. The zero-order valence-electron chi connectivity index (χ0n) is 16.5. The second-order valence-electron chi connectivity index (χ2n) is 7.09. The minimum Gasteiger partial charge on any atom is -0.288 e. The molecular weight excluding hydrogens is 382 g/mol. The van der Waals surface area contributed by atoms with Crippen molar-refractivity contribution in [3.63, 3.8) is 0 Å². The fraction of sp³-hybridized carbons (Fsp3) is 0.0800. The number of aryl methyl sites for hydroxylation is 2. The average Bonchev–Trinajstić information content (AvgIpc) is 2.73. The van der Waals surface area contributed by atoms with Gasteiger partial charge in [-0.2, -0.15) is 0 Å². The van der Waals surface area contributed by atoms with Crippen LogP contribution in [-0.2, 0) is 0 Å². The Labute approximate surface area is 173 Å². The Morgan fingerprint density at radius 3 is 1.53 bits per heavy atom. The Bertz CT molecular complexity index is 1170. The van der Waals surface area contributed by atoms with Crippen LogP contribution in [0.15, 0.2) is 73.1 Å². The molecule has 0 saturated heterocycles. The molecule has 0 N–H and O–H groups in total. The Morgan fingerprint density at radius 1 is 0.700 bits per heavy atom. The minimum absolute atomic E-state index is 0.213. The Balaban J connectivity index is 1.94. The van der Waals surface area contributed by atoms with E-state index in [1.54, 1.807) is 36.7 Å². The number of pyridine rings is 2. The molecule has 2 aromatic carbocycles. The Morgan fingerprint density at radius 2 is 1.13 bits per heavy atom. The first-order valence-corrected chi connectivity index (χ1v) is 9.43. The molecular formula is C25H18F2N2O. The first kappa shape index (κ1) is 19.6. The number of ketones is 1. The molecule has 3 nitrogen and oxygen atoms in total. The summed E-state index contributed by atoms with van der Waals surface area (Å²) in [5.41, 5.74) is 2.93. The molecule has 0 aliphatic rings. The summed E-state index contributed by atoms with van der Waals surface area (Å²) in [7, 11) is 0. The number of carbonyl (C=O) groups is 1. The highest BCUT2D eigenvalue weighted by Crippen LogP contribution is 2.32. The molecule has 0 atom stereocenters. The van der Waals surface area contributed by atoms with Gasteiger partial charge >= 0.3 is 0 Å². The van der Waals surface area contributed by atoms with Crippen molar-refractivity contribution >= 4 is 5.78 Å². The number of aromatic nitrogens is 2. The van der Waals surface area contributed by atoms with Crippen molar-refractivity contribution in [2.75, 3.05) is 0 Å². The third-order valence-corrected chi connectivity index (χ3v) is 4.86. The SMILES string of the molecule is Cc1ccnc(-c2cccc(F)c2C(=O)c2c(F)cccc2-c2cc(C)ccn2)c1.